The maximum absolute atomic E-state index is 14.5. The highest BCUT2D eigenvalue weighted by Gasteiger charge is 2.37. The average molecular weight is 552 g/mol. The van der Waals surface area contributed by atoms with E-state index in [1.807, 2.05) is 44.3 Å². The molecule has 0 aromatic heterocycles. The molecule has 8 nitrogen and oxygen atoms in total. The SMILES string of the molecule is C[C@H](NC(=O)Nc1ccc(C(=O)N2CCN(Cc3cccc(C(=O)NC(C)(C)C)c3)CC2)cc1F)C(F)(F)F. The predicted octanol–water partition coefficient (Wildman–Crippen LogP) is 4.38. The summed E-state index contributed by atoms with van der Waals surface area (Å²) >= 11 is 0. The zero-order valence-electron chi connectivity index (χ0n) is 22.3. The van der Waals surface area contributed by atoms with Crippen LogP contribution in [0, 0.1) is 5.82 Å². The van der Waals surface area contributed by atoms with Gasteiger partial charge in [-0.25, -0.2) is 9.18 Å². The van der Waals surface area contributed by atoms with Gasteiger partial charge in [-0.2, -0.15) is 13.2 Å². The van der Waals surface area contributed by atoms with Crippen molar-refractivity contribution in [1.82, 2.24) is 20.4 Å². The topological polar surface area (TPSA) is 93.8 Å². The quantitative estimate of drug-likeness (QED) is 0.465. The fourth-order valence-corrected chi connectivity index (χ4v) is 3.96. The maximum Gasteiger partial charge on any atom is 0.408 e. The van der Waals surface area contributed by atoms with E-state index in [9.17, 15) is 31.9 Å². The van der Waals surface area contributed by atoms with Gasteiger partial charge in [0.25, 0.3) is 11.8 Å². The Labute approximate surface area is 224 Å². The molecule has 0 saturated carbocycles. The summed E-state index contributed by atoms with van der Waals surface area (Å²) in [5.74, 6) is -1.48. The molecular weight excluding hydrogens is 518 g/mol. The van der Waals surface area contributed by atoms with Crippen LogP contribution >= 0.6 is 0 Å². The van der Waals surface area contributed by atoms with Crippen molar-refractivity contribution in [3.05, 3.63) is 65.0 Å². The second kappa shape index (κ2) is 12.0. The summed E-state index contributed by atoms with van der Waals surface area (Å²) in [7, 11) is 0. The van der Waals surface area contributed by atoms with E-state index in [4.69, 9.17) is 0 Å². The predicted molar refractivity (Wildman–Crippen MR) is 139 cm³/mol. The molecule has 3 rings (SSSR count). The van der Waals surface area contributed by atoms with Gasteiger partial charge < -0.3 is 20.9 Å². The number of rotatable bonds is 6. The summed E-state index contributed by atoms with van der Waals surface area (Å²) in [6, 6.07) is 7.46. The van der Waals surface area contributed by atoms with Crippen molar-refractivity contribution < 1.29 is 31.9 Å². The first-order valence-corrected chi connectivity index (χ1v) is 12.5. The Balaban J connectivity index is 1.54. The standard InChI is InChI=1S/C27H33F4N5O3/c1-17(27(29,30)31)32-25(39)33-22-9-8-20(15-21(22)28)24(38)36-12-10-35(11-13-36)16-18-6-5-7-19(14-18)23(37)34-26(2,3)4/h5-9,14-15,17H,10-13,16H2,1-4H3,(H,34,37)(H2,32,33,39)/t17-/m0/s1. The molecule has 3 N–H and O–H groups in total. The van der Waals surface area contributed by atoms with E-state index < -0.39 is 30.0 Å². The average Bonchev–Trinajstić information content (AvgIpc) is 2.84. The van der Waals surface area contributed by atoms with E-state index >= 15 is 0 Å². The number of carbonyl (C=O) groups excluding carboxylic acids is 3. The second-order valence-corrected chi connectivity index (χ2v) is 10.5. The van der Waals surface area contributed by atoms with Gasteiger partial charge in [-0.1, -0.05) is 12.1 Å². The Morgan fingerprint density at radius 1 is 0.949 bits per heavy atom. The van der Waals surface area contributed by atoms with E-state index in [1.165, 1.54) is 6.07 Å². The summed E-state index contributed by atoms with van der Waals surface area (Å²) in [6.45, 7) is 9.06. The minimum absolute atomic E-state index is 0.0631. The number of hydrogen-bond acceptors (Lipinski definition) is 4. The lowest BCUT2D eigenvalue weighted by molar-refractivity contribution is -0.148. The molecular formula is C27H33F4N5O3. The van der Waals surface area contributed by atoms with Crippen LogP contribution in [-0.2, 0) is 6.54 Å². The Kier molecular flexibility index (Phi) is 9.21. The fraction of sp³-hybridized carbons (Fsp3) is 0.444. The molecule has 1 aliphatic heterocycles. The Morgan fingerprint density at radius 3 is 2.21 bits per heavy atom. The molecule has 1 fully saturated rings. The first kappa shape index (κ1) is 29.9. The van der Waals surface area contributed by atoms with Gasteiger partial charge in [0.1, 0.15) is 11.9 Å². The van der Waals surface area contributed by atoms with Crippen LogP contribution in [0.15, 0.2) is 42.5 Å². The normalized spacial score (nSPS) is 15.4. The highest BCUT2D eigenvalue weighted by molar-refractivity contribution is 5.96. The van der Waals surface area contributed by atoms with Crippen LogP contribution in [0.3, 0.4) is 0 Å². The lowest BCUT2D eigenvalue weighted by Gasteiger charge is -2.35. The Hall–Kier alpha value is -3.67. The van der Waals surface area contributed by atoms with Crippen molar-refractivity contribution in [3.8, 4) is 0 Å². The third-order valence-electron chi connectivity index (χ3n) is 6.05. The zero-order chi connectivity index (χ0) is 29.0. The van der Waals surface area contributed by atoms with E-state index in [2.05, 4.69) is 10.2 Å². The van der Waals surface area contributed by atoms with Crippen molar-refractivity contribution in [2.75, 3.05) is 31.5 Å². The molecule has 1 heterocycles. The van der Waals surface area contributed by atoms with Gasteiger partial charge in [0.05, 0.1) is 5.69 Å². The fourth-order valence-electron chi connectivity index (χ4n) is 3.96. The number of benzene rings is 2. The van der Waals surface area contributed by atoms with Crippen LogP contribution in [0.4, 0.5) is 28.0 Å². The minimum atomic E-state index is -4.64. The highest BCUT2D eigenvalue weighted by atomic mass is 19.4. The molecule has 212 valence electrons. The van der Waals surface area contributed by atoms with Gasteiger partial charge in [0.15, 0.2) is 0 Å². The van der Waals surface area contributed by atoms with E-state index in [-0.39, 0.29) is 22.7 Å². The molecule has 12 heteroatoms. The molecule has 39 heavy (non-hydrogen) atoms. The summed E-state index contributed by atoms with van der Waals surface area (Å²) in [6.07, 6.45) is -4.64. The number of carbonyl (C=O) groups is 3. The zero-order valence-corrected chi connectivity index (χ0v) is 22.3. The van der Waals surface area contributed by atoms with Crippen molar-refractivity contribution in [3.63, 3.8) is 0 Å². The number of urea groups is 1. The van der Waals surface area contributed by atoms with Crippen molar-refractivity contribution in [2.24, 2.45) is 0 Å². The first-order chi connectivity index (χ1) is 18.1. The first-order valence-electron chi connectivity index (χ1n) is 12.5. The number of amides is 4. The summed E-state index contributed by atoms with van der Waals surface area (Å²) in [5, 5.41) is 6.65. The van der Waals surface area contributed by atoms with Crippen LogP contribution in [0.1, 0.15) is 54.0 Å². The number of alkyl halides is 3. The Morgan fingerprint density at radius 2 is 1.62 bits per heavy atom. The van der Waals surface area contributed by atoms with Crippen molar-refractivity contribution in [1.29, 1.82) is 0 Å². The number of piperazine rings is 1. The van der Waals surface area contributed by atoms with Gasteiger partial charge >= 0.3 is 12.2 Å². The van der Waals surface area contributed by atoms with E-state index in [0.717, 1.165) is 24.6 Å². The molecule has 0 spiro atoms. The number of anilines is 1. The lowest BCUT2D eigenvalue weighted by Crippen LogP contribution is -2.48. The van der Waals surface area contributed by atoms with Crippen molar-refractivity contribution in [2.45, 2.75) is 52.0 Å². The highest BCUT2D eigenvalue weighted by Crippen LogP contribution is 2.21. The van der Waals surface area contributed by atoms with Crippen LogP contribution in [0.2, 0.25) is 0 Å². The Bertz CT molecular complexity index is 1200. The minimum Gasteiger partial charge on any atom is -0.347 e. The van der Waals surface area contributed by atoms with Crippen LogP contribution in [0.5, 0.6) is 0 Å². The second-order valence-electron chi connectivity index (χ2n) is 10.5. The van der Waals surface area contributed by atoms with E-state index in [0.29, 0.717) is 38.3 Å². The molecule has 0 bridgehead atoms. The maximum atomic E-state index is 14.5. The van der Waals surface area contributed by atoms with E-state index in [1.54, 1.807) is 16.3 Å². The number of nitrogens with zero attached hydrogens (tertiary/aromatic N) is 2. The molecule has 1 atom stereocenters. The van der Waals surface area contributed by atoms with Crippen LogP contribution in [0.25, 0.3) is 0 Å². The largest absolute Gasteiger partial charge is 0.408 e. The lowest BCUT2D eigenvalue weighted by atomic mass is 10.1. The van der Waals surface area contributed by atoms with Gasteiger partial charge in [-0.05, 0) is 63.6 Å². The third-order valence-corrected chi connectivity index (χ3v) is 6.05. The van der Waals surface area contributed by atoms with Gasteiger partial charge in [0, 0.05) is 49.4 Å². The molecule has 2 aromatic carbocycles. The van der Waals surface area contributed by atoms with Gasteiger partial charge in [-0.3, -0.25) is 14.5 Å². The molecule has 0 aliphatic carbocycles. The summed E-state index contributed by atoms with van der Waals surface area (Å²) in [4.78, 5) is 40.9. The monoisotopic (exact) mass is 551 g/mol. The smallest absolute Gasteiger partial charge is 0.347 e. The van der Waals surface area contributed by atoms with Crippen LogP contribution < -0.4 is 16.0 Å². The number of halogens is 4. The van der Waals surface area contributed by atoms with Crippen molar-refractivity contribution >= 4 is 23.5 Å². The number of nitrogens with one attached hydrogen (secondary N) is 3. The van der Waals surface area contributed by atoms with Gasteiger partial charge in [-0.15, -0.1) is 0 Å². The van der Waals surface area contributed by atoms with Crippen LogP contribution in [-0.4, -0.2) is 71.6 Å². The number of hydrogen-bond donors (Lipinski definition) is 3. The summed E-state index contributed by atoms with van der Waals surface area (Å²) < 4.78 is 52.3. The molecule has 1 aliphatic rings. The molecule has 1 saturated heterocycles. The molecule has 4 amide bonds. The van der Waals surface area contributed by atoms with Gasteiger partial charge in [0.2, 0.25) is 0 Å². The molecule has 0 radical (unpaired) electrons. The summed E-state index contributed by atoms with van der Waals surface area (Å²) in [5.41, 5.74) is 0.910. The molecule has 2 aromatic rings. The third kappa shape index (κ3) is 8.67. The molecule has 0 unspecified atom stereocenters.